The van der Waals surface area contributed by atoms with Crippen molar-refractivity contribution in [2.75, 3.05) is 0 Å². The normalized spacial score (nSPS) is 15.3. The minimum atomic E-state index is -0.542. The van der Waals surface area contributed by atoms with Gasteiger partial charge in [-0.15, -0.1) is 0 Å². The molecule has 2 aromatic rings. The Labute approximate surface area is 151 Å². The molecule has 0 fully saturated rings. The first-order valence-electron chi connectivity index (χ1n) is 6.97. The van der Waals surface area contributed by atoms with Crippen LogP contribution in [0.25, 0.3) is 6.08 Å². The van der Waals surface area contributed by atoms with Gasteiger partial charge >= 0.3 is 5.97 Å². The van der Waals surface area contributed by atoms with Gasteiger partial charge in [-0.1, -0.05) is 12.1 Å². The molecule has 3 rings (SSSR count). The van der Waals surface area contributed by atoms with E-state index >= 15 is 0 Å². The van der Waals surface area contributed by atoms with Crippen molar-refractivity contribution in [1.29, 1.82) is 0 Å². The summed E-state index contributed by atoms with van der Waals surface area (Å²) in [6.45, 7) is 1.63. The van der Waals surface area contributed by atoms with E-state index in [1.165, 1.54) is 12.1 Å². The van der Waals surface area contributed by atoms with E-state index in [4.69, 9.17) is 4.74 Å². The number of aryl methyl sites for hydroxylation is 1. The molecule has 0 atom stereocenters. The van der Waals surface area contributed by atoms with Crippen molar-refractivity contribution in [3.05, 3.63) is 78.5 Å². The van der Waals surface area contributed by atoms with E-state index in [0.29, 0.717) is 11.1 Å². The zero-order valence-corrected chi connectivity index (χ0v) is 14.7. The van der Waals surface area contributed by atoms with Crippen molar-refractivity contribution in [2.24, 2.45) is 4.99 Å². The number of esters is 1. The number of cyclic esters (lactones) is 1. The largest absolute Gasteiger partial charge is 0.402 e. The first kappa shape index (κ1) is 16.3. The Hall–Kier alpha value is -2.55. The molecule has 1 aliphatic heterocycles. The van der Waals surface area contributed by atoms with Gasteiger partial charge in [0.15, 0.2) is 5.70 Å². The standard InChI is InChI=1S/C17H11IN2O4/c1-10-7-12(5-6-15(10)20(22)23)16-19-14(17(21)24-16)9-11-3-2-4-13(18)8-11/h2-9H,1H3/b14-9-. The predicted octanol–water partition coefficient (Wildman–Crippen LogP) is 3.85. The molecule has 0 spiro atoms. The molecule has 2 aromatic carbocycles. The van der Waals surface area contributed by atoms with Crippen LogP contribution < -0.4 is 0 Å². The molecule has 0 radical (unpaired) electrons. The Morgan fingerprint density at radius 2 is 2.04 bits per heavy atom. The Kier molecular flexibility index (Phi) is 4.43. The molecule has 120 valence electrons. The maximum absolute atomic E-state index is 12.0. The third-order valence-electron chi connectivity index (χ3n) is 3.41. The Morgan fingerprint density at radius 1 is 1.25 bits per heavy atom. The summed E-state index contributed by atoms with van der Waals surface area (Å²) in [5.74, 6) is -0.394. The van der Waals surface area contributed by atoms with Crippen molar-refractivity contribution in [2.45, 2.75) is 6.92 Å². The van der Waals surface area contributed by atoms with Crippen LogP contribution in [0.3, 0.4) is 0 Å². The molecular formula is C17H11IN2O4. The number of carbonyl (C=O) groups excluding carboxylic acids is 1. The number of hydrogen-bond donors (Lipinski definition) is 0. The van der Waals surface area contributed by atoms with E-state index in [-0.39, 0.29) is 17.3 Å². The third kappa shape index (κ3) is 3.35. The monoisotopic (exact) mass is 434 g/mol. The van der Waals surface area contributed by atoms with Crippen molar-refractivity contribution in [3.8, 4) is 0 Å². The molecule has 0 amide bonds. The number of nitro groups is 1. The van der Waals surface area contributed by atoms with Gasteiger partial charge in [0.2, 0.25) is 5.90 Å². The molecule has 1 aliphatic rings. The lowest BCUT2D eigenvalue weighted by molar-refractivity contribution is -0.385. The van der Waals surface area contributed by atoms with Gasteiger partial charge in [-0.2, -0.15) is 0 Å². The highest BCUT2D eigenvalue weighted by atomic mass is 127. The first-order valence-corrected chi connectivity index (χ1v) is 8.05. The van der Waals surface area contributed by atoms with Gasteiger partial charge in [-0.3, -0.25) is 10.1 Å². The van der Waals surface area contributed by atoms with Gasteiger partial charge in [0.05, 0.1) is 4.92 Å². The molecule has 6 nitrogen and oxygen atoms in total. The van der Waals surface area contributed by atoms with Crippen molar-refractivity contribution in [1.82, 2.24) is 0 Å². The highest BCUT2D eigenvalue weighted by molar-refractivity contribution is 14.1. The van der Waals surface area contributed by atoms with E-state index in [9.17, 15) is 14.9 Å². The van der Waals surface area contributed by atoms with Gasteiger partial charge in [0.1, 0.15) is 0 Å². The fourth-order valence-electron chi connectivity index (χ4n) is 2.28. The van der Waals surface area contributed by atoms with Gasteiger partial charge in [0.25, 0.3) is 5.69 Å². The van der Waals surface area contributed by atoms with E-state index in [2.05, 4.69) is 27.6 Å². The van der Waals surface area contributed by atoms with Crippen LogP contribution in [0, 0.1) is 20.6 Å². The highest BCUT2D eigenvalue weighted by Crippen LogP contribution is 2.23. The molecule has 0 bridgehead atoms. The second kappa shape index (κ2) is 6.52. The smallest absolute Gasteiger partial charge is 0.363 e. The quantitative estimate of drug-likeness (QED) is 0.242. The van der Waals surface area contributed by atoms with Crippen LogP contribution in [0.4, 0.5) is 5.69 Å². The highest BCUT2D eigenvalue weighted by Gasteiger charge is 2.25. The van der Waals surface area contributed by atoms with Gasteiger partial charge in [0, 0.05) is 20.8 Å². The van der Waals surface area contributed by atoms with Gasteiger partial charge in [-0.25, -0.2) is 9.79 Å². The average molecular weight is 434 g/mol. The summed E-state index contributed by atoms with van der Waals surface area (Å²) in [5, 5.41) is 10.9. The zero-order chi connectivity index (χ0) is 17.3. The molecule has 0 saturated carbocycles. The maximum Gasteiger partial charge on any atom is 0.363 e. The van der Waals surface area contributed by atoms with Crippen LogP contribution >= 0.6 is 22.6 Å². The van der Waals surface area contributed by atoms with Crippen molar-refractivity contribution in [3.63, 3.8) is 0 Å². The van der Waals surface area contributed by atoms with Crippen LogP contribution in [0.2, 0.25) is 0 Å². The summed E-state index contributed by atoms with van der Waals surface area (Å²) in [4.78, 5) is 26.6. The number of rotatable bonds is 3. The lowest BCUT2D eigenvalue weighted by atomic mass is 10.1. The van der Waals surface area contributed by atoms with E-state index in [0.717, 1.165) is 9.13 Å². The number of halogens is 1. The number of ether oxygens (including phenoxy) is 1. The maximum atomic E-state index is 12.0. The summed E-state index contributed by atoms with van der Waals surface area (Å²) in [7, 11) is 0. The molecule has 0 aliphatic carbocycles. The second-order valence-electron chi connectivity index (χ2n) is 5.15. The lowest BCUT2D eigenvalue weighted by Gasteiger charge is -2.01. The molecule has 0 N–H and O–H groups in total. The van der Waals surface area contributed by atoms with Gasteiger partial charge in [-0.05, 0) is 65.4 Å². The number of nitro benzene ring substituents is 1. The molecule has 24 heavy (non-hydrogen) atoms. The van der Waals surface area contributed by atoms with E-state index in [1.54, 1.807) is 19.1 Å². The van der Waals surface area contributed by atoms with E-state index in [1.807, 2.05) is 24.3 Å². The Bertz CT molecular complexity index is 919. The zero-order valence-electron chi connectivity index (χ0n) is 12.5. The number of nitrogens with zero attached hydrogens (tertiary/aromatic N) is 2. The molecule has 0 aromatic heterocycles. The summed E-state index contributed by atoms with van der Waals surface area (Å²) < 4.78 is 6.23. The van der Waals surface area contributed by atoms with Crippen LogP contribution in [0.1, 0.15) is 16.7 Å². The summed E-state index contributed by atoms with van der Waals surface area (Å²) >= 11 is 2.19. The van der Waals surface area contributed by atoms with E-state index < -0.39 is 10.9 Å². The fourth-order valence-corrected chi connectivity index (χ4v) is 2.85. The average Bonchev–Trinajstić information content (AvgIpc) is 2.88. The minimum Gasteiger partial charge on any atom is -0.402 e. The summed E-state index contributed by atoms with van der Waals surface area (Å²) in [6.07, 6.45) is 1.65. The summed E-state index contributed by atoms with van der Waals surface area (Å²) in [6, 6.07) is 12.1. The number of aliphatic imine (C=N–C) groups is 1. The second-order valence-corrected chi connectivity index (χ2v) is 6.40. The molecule has 7 heteroatoms. The third-order valence-corrected chi connectivity index (χ3v) is 4.08. The van der Waals surface area contributed by atoms with Crippen LogP contribution in [0.15, 0.2) is 53.2 Å². The molecule has 0 saturated heterocycles. The SMILES string of the molecule is Cc1cc(C2=N/C(=C\c3cccc(I)c3)C(=O)O2)ccc1[N+](=O)[O-]. The van der Waals surface area contributed by atoms with Crippen LogP contribution in [-0.4, -0.2) is 16.8 Å². The molecular weight excluding hydrogens is 423 g/mol. The van der Waals surface area contributed by atoms with Crippen LogP contribution in [0.5, 0.6) is 0 Å². The topological polar surface area (TPSA) is 81.8 Å². The predicted molar refractivity (Wildman–Crippen MR) is 97.6 cm³/mol. The Morgan fingerprint density at radius 3 is 2.71 bits per heavy atom. The van der Waals surface area contributed by atoms with Gasteiger partial charge < -0.3 is 4.74 Å². The van der Waals surface area contributed by atoms with Crippen LogP contribution in [-0.2, 0) is 9.53 Å². The number of hydrogen-bond acceptors (Lipinski definition) is 5. The number of benzene rings is 2. The fraction of sp³-hybridized carbons (Fsp3) is 0.0588. The van der Waals surface area contributed by atoms with Crippen molar-refractivity contribution < 1.29 is 14.5 Å². The Balaban J connectivity index is 1.95. The minimum absolute atomic E-state index is 0.0123. The molecule has 0 unspecified atom stereocenters. The lowest BCUT2D eigenvalue weighted by Crippen LogP contribution is -2.06. The molecule has 1 heterocycles. The first-order chi connectivity index (χ1) is 11.4. The summed E-state index contributed by atoms with van der Waals surface area (Å²) in [5.41, 5.74) is 2.06. The van der Waals surface area contributed by atoms with Crippen molar-refractivity contribution >= 4 is 46.2 Å². The number of carbonyl (C=O) groups is 1.